The minimum absolute atomic E-state index is 0. The standard InChI is InChI=1S/C23H32N6O.HI/c1-6-24-23(27-15-20-17(3)22(30-5)16(2)14-26-20)25-12-9-13-29-18(4)28-19-10-7-8-11-21(19)29;/h7-8,10-11,14H,6,9,12-13,15H2,1-5H3,(H2,24,25,27);1H. The van der Waals surface area contributed by atoms with E-state index in [1.165, 1.54) is 5.52 Å². The van der Waals surface area contributed by atoms with Crippen LogP contribution in [0, 0.1) is 20.8 Å². The first kappa shape index (κ1) is 24.9. The van der Waals surface area contributed by atoms with Crippen LogP contribution in [0.15, 0.2) is 35.5 Å². The second-order valence-electron chi connectivity index (χ2n) is 7.32. The average Bonchev–Trinajstić information content (AvgIpc) is 3.05. The third kappa shape index (κ3) is 6.09. The number of benzene rings is 1. The van der Waals surface area contributed by atoms with Crippen molar-refractivity contribution in [3.05, 3.63) is 53.1 Å². The normalized spacial score (nSPS) is 11.3. The number of aliphatic imine (C=N–C) groups is 1. The van der Waals surface area contributed by atoms with Gasteiger partial charge in [-0.1, -0.05) is 12.1 Å². The van der Waals surface area contributed by atoms with Crippen molar-refractivity contribution in [1.82, 2.24) is 25.2 Å². The highest BCUT2D eigenvalue weighted by Crippen LogP contribution is 2.24. The molecule has 0 aliphatic rings. The molecule has 31 heavy (non-hydrogen) atoms. The number of hydrogen-bond acceptors (Lipinski definition) is 4. The Balaban J connectivity index is 0.00000341. The van der Waals surface area contributed by atoms with Crippen LogP contribution in [0.5, 0.6) is 5.75 Å². The minimum Gasteiger partial charge on any atom is -0.496 e. The second kappa shape index (κ2) is 11.9. The summed E-state index contributed by atoms with van der Waals surface area (Å²) in [7, 11) is 1.69. The summed E-state index contributed by atoms with van der Waals surface area (Å²) in [4.78, 5) is 13.9. The maximum atomic E-state index is 5.50. The highest BCUT2D eigenvalue weighted by Gasteiger charge is 2.10. The summed E-state index contributed by atoms with van der Waals surface area (Å²) in [5.41, 5.74) is 5.24. The van der Waals surface area contributed by atoms with E-state index < -0.39 is 0 Å². The molecule has 0 saturated carbocycles. The summed E-state index contributed by atoms with van der Waals surface area (Å²) in [6.07, 6.45) is 2.82. The Morgan fingerprint density at radius 3 is 2.68 bits per heavy atom. The number of imidazole rings is 1. The highest BCUT2D eigenvalue weighted by molar-refractivity contribution is 14.0. The van der Waals surface area contributed by atoms with E-state index in [2.05, 4.69) is 57.2 Å². The molecule has 0 bridgehead atoms. The van der Waals surface area contributed by atoms with Crippen molar-refractivity contribution < 1.29 is 4.74 Å². The zero-order valence-electron chi connectivity index (χ0n) is 19.0. The Kier molecular flexibility index (Phi) is 9.54. The number of nitrogens with one attached hydrogen (secondary N) is 2. The van der Waals surface area contributed by atoms with Gasteiger partial charge in [0.15, 0.2) is 5.96 Å². The minimum atomic E-state index is 0. The number of halogens is 1. The molecule has 2 heterocycles. The first-order chi connectivity index (χ1) is 14.5. The van der Waals surface area contributed by atoms with Gasteiger partial charge in [0.25, 0.3) is 0 Å². The van der Waals surface area contributed by atoms with Crippen LogP contribution in [0.3, 0.4) is 0 Å². The molecule has 0 aliphatic heterocycles. The van der Waals surface area contributed by atoms with E-state index >= 15 is 0 Å². The van der Waals surface area contributed by atoms with E-state index in [4.69, 9.17) is 9.73 Å². The molecule has 3 aromatic rings. The van der Waals surface area contributed by atoms with E-state index in [1.807, 2.05) is 26.1 Å². The van der Waals surface area contributed by atoms with Gasteiger partial charge < -0.3 is 19.9 Å². The van der Waals surface area contributed by atoms with Gasteiger partial charge in [-0.05, 0) is 46.2 Å². The molecule has 2 aromatic heterocycles. The van der Waals surface area contributed by atoms with Gasteiger partial charge in [0.05, 0.1) is 30.4 Å². The van der Waals surface area contributed by atoms with Crippen LogP contribution in [0.4, 0.5) is 0 Å². The van der Waals surface area contributed by atoms with E-state index in [1.54, 1.807) is 7.11 Å². The molecule has 8 heteroatoms. The number of ether oxygens (including phenoxy) is 1. The lowest BCUT2D eigenvalue weighted by molar-refractivity contribution is 0.407. The summed E-state index contributed by atoms with van der Waals surface area (Å²) in [6.45, 7) is 11.2. The Morgan fingerprint density at radius 2 is 1.94 bits per heavy atom. The highest BCUT2D eigenvalue weighted by atomic mass is 127. The molecule has 0 atom stereocenters. The first-order valence-electron chi connectivity index (χ1n) is 10.5. The zero-order valence-corrected chi connectivity index (χ0v) is 21.4. The van der Waals surface area contributed by atoms with Crippen LogP contribution in [-0.4, -0.2) is 40.7 Å². The quantitative estimate of drug-likeness (QED) is 0.196. The second-order valence-corrected chi connectivity index (χ2v) is 7.32. The number of para-hydroxylation sites is 2. The van der Waals surface area contributed by atoms with Gasteiger partial charge in [-0.15, -0.1) is 24.0 Å². The SMILES string of the molecule is CCNC(=NCc1ncc(C)c(OC)c1C)NCCCn1c(C)nc2ccccc21.I. The van der Waals surface area contributed by atoms with E-state index in [0.29, 0.717) is 6.54 Å². The number of rotatable bonds is 8. The van der Waals surface area contributed by atoms with E-state index in [-0.39, 0.29) is 24.0 Å². The predicted molar refractivity (Wildman–Crippen MR) is 138 cm³/mol. The van der Waals surface area contributed by atoms with Crippen LogP contribution >= 0.6 is 24.0 Å². The summed E-state index contributed by atoms with van der Waals surface area (Å²) < 4.78 is 7.77. The molecule has 0 unspecified atom stereocenters. The molecule has 2 N–H and O–H groups in total. The molecule has 3 rings (SSSR count). The monoisotopic (exact) mass is 536 g/mol. The fourth-order valence-corrected chi connectivity index (χ4v) is 3.65. The average molecular weight is 536 g/mol. The molecule has 7 nitrogen and oxygen atoms in total. The van der Waals surface area contributed by atoms with Crippen LogP contribution in [-0.2, 0) is 13.1 Å². The van der Waals surface area contributed by atoms with E-state index in [0.717, 1.165) is 65.9 Å². The molecule has 0 fully saturated rings. The number of nitrogens with zero attached hydrogens (tertiary/aromatic N) is 4. The third-order valence-corrected chi connectivity index (χ3v) is 5.18. The van der Waals surface area contributed by atoms with Crippen molar-refractivity contribution in [2.24, 2.45) is 4.99 Å². The number of methoxy groups -OCH3 is 1. The topological polar surface area (TPSA) is 76.4 Å². The number of pyridine rings is 1. The van der Waals surface area contributed by atoms with Crippen molar-refractivity contribution >= 4 is 41.0 Å². The van der Waals surface area contributed by atoms with Gasteiger partial charge in [-0.25, -0.2) is 9.98 Å². The summed E-state index contributed by atoms with van der Waals surface area (Å²) >= 11 is 0. The molecule has 0 spiro atoms. The van der Waals surface area contributed by atoms with Crippen LogP contribution in [0.1, 0.15) is 36.0 Å². The van der Waals surface area contributed by atoms with Gasteiger partial charge in [0.1, 0.15) is 11.6 Å². The first-order valence-corrected chi connectivity index (χ1v) is 10.5. The largest absolute Gasteiger partial charge is 0.496 e. The Hall–Kier alpha value is -2.36. The molecular weight excluding hydrogens is 503 g/mol. The molecule has 0 radical (unpaired) electrons. The number of aromatic nitrogens is 3. The maximum Gasteiger partial charge on any atom is 0.191 e. The van der Waals surface area contributed by atoms with Crippen LogP contribution < -0.4 is 15.4 Å². The zero-order chi connectivity index (χ0) is 21.5. The molecule has 0 aliphatic carbocycles. The fraction of sp³-hybridized carbons (Fsp3) is 0.435. The molecule has 1 aromatic carbocycles. The van der Waals surface area contributed by atoms with Crippen LogP contribution in [0.25, 0.3) is 11.0 Å². The van der Waals surface area contributed by atoms with Crippen molar-refractivity contribution in [3.63, 3.8) is 0 Å². The van der Waals surface area contributed by atoms with Gasteiger partial charge in [-0.2, -0.15) is 0 Å². The van der Waals surface area contributed by atoms with Crippen molar-refractivity contribution in [1.29, 1.82) is 0 Å². The molecular formula is C23H33IN6O. The molecule has 0 amide bonds. The lowest BCUT2D eigenvalue weighted by Gasteiger charge is -2.14. The van der Waals surface area contributed by atoms with Gasteiger partial charge in [-0.3, -0.25) is 4.98 Å². The number of guanidine groups is 1. The Morgan fingerprint density at radius 1 is 1.16 bits per heavy atom. The smallest absolute Gasteiger partial charge is 0.191 e. The number of aryl methyl sites for hydroxylation is 3. The Bertz CT molecular complexity index is 1030. The van der Waals surface area contributed by atoms with Gasteiger partial charge in [0, 0.05) is 37.0 Å². The van der Waals surface area contributed by atoms with Gasteiger partial charge in [0.2, 0.25) is 0 Å². The summed E-state index contributed by atoms with van der Waals surface area (Å²) in [5, 5.41) is 6.73. The Labute approximate surface area is 201 Å². The molecule has 0 saturated heterocycles. The van der Waals surface area contributed by atoms with Gasteiger partial charge >= 0.3 is 0 Å². The molecule has 168 valence electrons. The summed E-state index contributed by atoms with van der Waals surface area (Å²) in [6, 6.07) is 8.27. The van der Waals surface area contributed by atoms with Crippen molar-refractivity contribution in [2.45, 2.75) is 47.2 Å². The van der Waals surface area contributed by atoms with E-state index in [9.17, 15) is 0 Å². The van der Waals surface area contributed by atoms with Crippen molar-refractivity contribution in [3.8, 4) is 5.75 Å². The number of hydrogen-bond donors (Lipinski definition) is 2. The summed E-state index contributed by atoms with van der Waals surface area (Å²) in [5.74, 6) is 2.73. The lowest BCUT2D eigenvalue weighted by Crippen LogP contribution is -2.38. The lowest BCUT2D eigenvalue weighted by atomic mass is 10.1. The van der Waals surface area contributed by atoms with Crippen molar-refractivity contribution in [2.75, 3.05) is 20.2 Å². The van der Waals surface area contributed by atoms with Crippen LogP contribution in [0.2, 0.25) is 0 Å². The predicted octanol–water partition coefficient (Wildman–Crippen LogP) is 4.13. The number of fused-ring (bicyclic) bond motifs is 1. The fourth-order valence-electron chi connectivity index (χ4n) is 3.65. The third-order valence-electron chi connectivity index (χ3n) is 5.18. The maximum absolute atomic E-state index is 5.50.